The monoisotopic (exact) mass is 441 g/mol. The standard InChI is InChI=1S/C23H17ClFNO3S/c24-21-17(15-10-7-11-3-1-2-4-14(11)19(15)27)18-20(28)16(22(29)26-23(18)30-21)12-5-8-13(25)9-6-12/h5-10,27H,1-4H2,(H2,26,28,29). The third kappa shape index (κ3) is 2.90. The van der Waals surface area contributed by atoms with Crippen molar-refractivity contribution in [2.45, 2.75) is 25.7 Å². The van der Waals surface area contributed by atoms with E-state index in [4.69, 9.17) is 11.6 Å². The van der Waals surface area contributed by atoms with Gasteiger partial charge in [0.2, 0.25) is 0 Å². The number of H-pyrrole nitrogens is 1. The Kier molecular flexibility index (Phi) is 4.56. The zero-order chi connectivity index (χ0) is 21.0. The molecule has 0 aliphatic heterocycles. The van der Waals surface area contributed by atoms with Gasteiger partial charge in [-0.3, -0.25) is 4.79 Å². The van der Waals surface area contributed by atoms with Gasteiger partial charge in [-0.2, -0.15) is 0 Å². The number of fused-ring (bicyclic) bond motifs is 2. The summed E-state index contributed by atoms with van der Waals surface area (Å²) in [5.41, 5.74) is 2.99. The van der Waals surface area contributed by atoms with Crippen LogP contribution < -0.4 is 5.56 Å². The minimum Gasteiger partial charge on any atom is -0.507 e. The number of aryl methyl sites for hydroxylation is 1. The number of aromatic hydroxyl groups is 2. The molecular weight excluding hydrogens is 425 g/mol. The molecule has 2 heterocycles. The minimum atomic E-state index is -0.495. The maximum atomic E-state index is 13.3. The number of pyridine rings is 1. The first-order chi connectivity index (χ1) is 14.5. The van der Waals surface area contributed by atoms with E-state index >= 15 is 0 Å². The summed E-state index contributed by atoms with van der Waals surface area (Å²) in [6.07, 6.45) is 3.82. The highest BCUT2D eigenvalue weighted by Gasteiger charge is 2.25. The van der Waals surface area contributed by atoms with Crippen LogP contribution in [-0.2, 0) is 12.8 Å². The average molecular weight is 442 g/mol. The predicted octanol–water partition coefficient (Wildman–Crippen LogP) is 6.01. The molecule has 3 N–H and O–H groups in total. The van der Waals surface area contributed by atoms with Crippen LogP contribution in [0.3, 0.4) is 0 Å². The number of rotatable bonds is 2. The molecule has 4 nitrogen and oxygen atoms in total. The topological polar surface area (TPSA) is 73.3 Å². The van der Waals surface area contributed by atoms with Gasteiger partial charge in [-0.1, -0.05) is 35.9 Å². The van der Waals surface area contributed by atoms with Crippen LogP contribution in [0.5, 0.6) is 11.5 Å². The van der Waals surface area contributed by atoms with Gasteiger partial charge in [0.25, 0.3) is 5.56 Å². The summed E-state index contributed by atoms with van der Waals surface area (Å²) in [6, 6.07) is 9.15. The van der Waals surface area contributed by atoms with Crippen LogP contribution >= 0.6 is 22.9 Å². The van der Waals surface area contributed by atoms with Crippen molar-refractivity contribution in [1.82, 2.24) is 4.98 Å². The van der Waals surface area contributed by atoms with Gasteiger partial charge in [0.1, 0.15) is 26.5 Å². The summed E-state index contributed by atoms with van der Waals surface area (Å²) < 4.78 is 13.7. The molecule has 0 fully saturated rings. The smallest absolute Gasteiger partial charge is 0.260 e. The number of hydrogen-bond acceptors (Lipinski definition) is 4. The van der Waals surface area contributed by atoms with E-state index in [0.717, 1.165) is 48.1 Å². The average Bonchev–Trinajstić information content (AvgIpc) is 3.05. The van der Waals surface area contributed by atoms with Gasteiger partial charge in [-0.05, 0) is 54.5 Å². The molecule has 0 saturated heterocycles. The zero-order valence-corrected chi connectivity index (χ0v) is 17.3. The predicted molar refractivity (Wildman–Crippen MR) is 118 cm³/mol. The fraction of sp³-hybridized carbons (Fsp3) is 0.174. The van der Waals surface area contributed by atoms with Crippen LogP contribution in [-0.4, -0.2) is 15.2 Å². The maximum Gasteiger partial charge on any atom is 0.260 e. The van der Waals surface area contributed by atoms with E-state index in [1.165, 1.54) is 24.3 Å². The first kappa shape index (κ1) is 19.2. The van der Waals surface area contributed by atoms with Crippen molar-refractivity contribution >= 4 is 33.2 Å². The molecule has 0 amide bonds. The lowest BCUT2D eigenvalue weighted by molar-refractivity contribution is 0.464. The van der Waals surface area contributed by atoms with Crippen molar-refractivity contribution in [2.75, 3.05) is 0 Å². The molecule has 1 aliphatic rings. The number of phenolic OH excluding ortho intramolecular Hbond substituents is 1. The van der Waals surface area contributed by atoms with E-state index < -0.39 is 11.4 Å². The highest BCUT2D eigenvalue weighted by atomic mass is 35.5. The number of hydrogen-bond donors (Lipinski definition) is 3. The maximum absolute atomic E-state index is 13.3. The van der Waals surface area contributed by atoms with Crippen molar-refractivity contribution < 1.29 is 14.6 Å². The number of halogens is 2. The van der Waals surface area contributed by atoms with Crippen LogP contribution in [0.2, 0.25) is 4.34 Å². The number of nitrogens with one attached hydrogen (secondary N) is 1. The second-order valence-electron chi connectivity index (χ2n) is 7.45. The molecule has 0 atom stereocenters. The normalized spacial score (nSPS) is 13.5. The van der Waals surface area contributed by atoms with E-state index in [-0.39, 0.29) is 17.1 Å². The van der Waals surface area contributed by atoms with Crippen LogP contribution in [0, 0.1) is 5.82 Å². The highest BCUT2D eigenvalue weighted by molar-refractivity contribution is 7.23. The van der Waals surface area contributed by atoms with Crippen LogP contribution in [0.4, 0.5) is 4.39 Å². The number of thiophene rings is 1. The summed E-state index contributed by atoms with van der Waals surface area (Å²) in [7, 11) is 0. The Morgan fingerprint density at radius 2 is 1.70 bits per heavy atom. The SMILES string of the molecule is O=c1[nH]c2sc(Cl)c(-c3ccc4c(c3O)CCCC4)c2c(O)c1-c1ccc(F)cc1. The minimum absolute atomic E-state index is 0.0377. The van der Waals surface area contributed by atoms with Crippen molar-refractivity contribution in [3.8, 4) is 33.8 Å². The van der Waals surface area contributed by atoms with Crippen LogP contribution in [0.1, 0.15) is 24.0 Å². The first-order valence-electron chi connectivity index (χ1n) is 9.63. The molecule has 0 unspecified atom stereocenters. The van der Waals surface area contributed by atoms with E-state index in [9.17, 15) is 19.4 Å². The van der Waals surface area contributed by atoms with Gasteiger partial charge >= 0.3 is 0 Å². The van der Waals surface area contributed by atoms with Crippen LogP contribution in [0.25, 0.3) is 32.5 Å². The van der Waals surface area contributed by atoms with Gasteiger partial charge in [0.05, 0.1) is 10.9 Å². The summed E-state index contributed by atoms with van der Waals surface area (Å²) in [6.45, 7) is 0. The summed E-state index contributed by atoms with van der Waals surface area (Å²) in [5, 5.41) is 22.5. The highest BCUT2D eigenvalue weighted by Crippen LogP contribution is 2.50. The third-order valence-electron chi connectivity index (χ3n) is 5.70. The molecule has 1 aliphatic carbocycles. The van der Waals surface area contributed by atoms with E-state index in [1.807, 2.05) is 12.1 Å². The fourth-order valence-electron chi connectivity index (χ4n) is 4.25. The summed E-state index contributed by atoms with van der Waals surface area (Å²) >= 11 is 7.66. The molecular formula is C23H17ClFNO3S. The third-order valence-corrected chi connectivity index (χ3v) is 7.01. The number of aromatic amines is 1. The Hall–Kier alpha value is -2.83. The second-order valence-corrected chi connectivity index (χ2v) is 9.07. The Bertz CT molecular complexity index is 1360. The molecule has 2 aromatic heterocycles. The molecule has 0 saturated carbocycles. The number of aromatic nitrogens is 1. The lowest BCUT2D eigenvalue weighted by atomic mass is 9.88. The molecule has 0 radical (unpaired) electrons. The second kappa shape index (κ2) is 7.15. The Balaban J connectivity index is 1.80. The van der Waals surface area contributed by atoms with Crippen molar-refractivity contribution in [1.29, 1.82) is 0 Å². The number of benzene rings is 2. The Morgan fingerprint density at radius 3 is 2.47 bits per heavy atom. The van der Waals surface area contributed by atoms with Crippen molar-refractivity contribution in [2.24, 2.45) is 0 Å². The molecule has 0 spiro atoms. The molecule has 30 heavy (non-hydrogen) atoms. The molecule has 152 valence electrons. The first-order valence-corrected chi connectivity index (χ1v) is 10.8. The van der Waals surface area contributed by atoms with Crippen molar-refractivity contribution in [3.63, 3.8) is 0 Å². The molecule has 4 aromatic rings. The molecule has 2 aromatic carbocycles. The van der Waals surface area contributed by atoms with E-state index in [0.29, 0.717) is 31.2 Å². The van der Waals surface area contributed by atoms with Gasteiger partial charge in [0, 0.05) is 11.1 Å². The quantitative estimate of drug-likeness (QED) is 0.357. The van der Waals surface area contributed by atoms with E-state index in [2.05, 4.69) is 4.98 Å². The Labute approximate surface area is 180 Å². The zero-order valence-electron chi connectivity index (χ0n) is 15.8. The van der Waals surface area contributed by atoms with Crippen molar-refractivity contribution in [3.05, 3.63) is 68.0 Å². The Morgan fingerprint density at radius 1 is 0.967 bits per heavy atom. The lowest BCUT2D eigenvalue weighted by Gasteiger charge is -2.19. The molecule has 0 bridgehead atoms. The lowest BCUT2D eigenvalue weighted by Crippen LogP contribution is -2.08. The molecule has 5 rings (SSSR count). The summed E-state index contributed by atoms with van der Waals surface area (Å²) in [5.74, 6) is -0.507. The van der Waals surface area contributed by atoms with Gasteiger partial charge < -0.3 is 15.2 Å². The van der Waals surface area contributed by atoms with Gasteiger partial charge in [0.15, 0.2) is 0 Å². The van der Waals surface area contributed by atoms with Gasteiger partial charge in [-0.15, -0.1) is 11.3 Å². The number of phenols is 1. The summed E-state index contributed by atoms with van der Waals surface area (Å²) in [4.78, 5) is 15.8. The van der Waals surface area contributed by atoms with E-state index in [1.54, 1.807) is 0 Å². The fourth-order valence-corrected chi connectivity index (χ4v) is 5.62. The largest absolute Gasteiger partial charge is 0.507 e. The van der Waals surface area contributed by atoms with Crippen LogP contribution in [0.15, 0.2) is 41.2 Å². The molecule has 7 heteroatoms. The van der Waals surface area contributed by atoms with Gasteiger partial charge in [-0.25, -0.2) is 4.39 Å².